The summed E-state index contributed by atoms with van der Waals surface area (Å²) in [5.74, 6) is 1.29. The number of aromatic nitrogens is 1. The summed E-state index contributed by atoms with van der Waals surface area (Å²) in [6.45, 7) is 1.66. The van der Waals surface area contributed by atoms with Crippen LogP contribution >= 0.6 is 11.6 Å². The molecule has 0 saturated carbocycles. The Bertz CT molecular complexity index is 281. The second kappa shape index (κ2) is 5.83. The Labute approximate surface area is 89.7 Å². The maximum Gasteiger partial charge on any atom is 0.213 e. The summed E-state index contributed by atoms with van der Waals surface area (Å²) in [6, 6.07) is 5.76. The Morgan fingerprint density at radius 1 is 1.50 bits per heavy atom. The van der Waals surface area contributed by atoms with Gasteiger partial charge in [0, 0.05) is 25.0 Å². The molecule has 0 radical (unpaired) electrons. The monoisotopic (exact) mass is 214 g/mol. The van der Waals surface area contributed by atoms with Crippen molar-refractivity contribution in [3.05, 3.63) is 23.9 Å². The smallest absolute Gasteiger partial charge is 0.213 e. The third-order valence-corrected chi connectivity index (χ3v) is 2.06. The zero-order chi connectivity index (χ0) is 10.4. The van der Waals surface area contributed by atoms with E-state index in [0.29, 0.717) is 11.8 Å². The highest BCUT2D eigenvalue weighted by Crippen LogP contribution is 2.08. The number of halogens is 1. The van der Waals surface area contributed by atoms with Gasteiger partial charge in [-0.05, 0) is 13.1 Å². The van der Waals surface area contributed by atoms with Gasteiger partial charge in [-0.25, -0.2) is 4.98 Å². The molecular formula is C10H15ClN2O. The first-order valence-electron chi connectivity index (χ1n) is 4.50. The van der Waals surface area contributed by atoms with Crippen LogP contribution < -0.4 is 4.74 Å². The Morgan fingerprint density at radius 2 is 2.29 bits per heavy atom. The van der Waals surface area contributed by atoms with Gasteiger partial charge in [-0.1, -0.05) is 6.07 Å². The van der Waals surface area contributed by atoms with Crippen LogP contribution in [-0.2, 0) is 6.54 Å². The third kappa shape index (κ3) is 3.52. The molecule has 0 saturated heterocycles. The fraction of sp³-hybridized carbons (Fsp3) is 0.500. The molecule has 0 N–H and O–H groups in total. The zero-order valence-electron chi connectivity index (χ0n) is 8.53. The molecule has 14 heavy (non-hydrogen) atoms. The maximum absolute atomic E-state index is 5.63. The van der Waals surface area contributed by atoms with Gasteiger partial charge >= 0.3 is 0 Å². The van der Waals surface area contributed by atoms with Crippen molar-refractivity contribution in [3.63, 3.8) is 0 Å². The van der Waals surface area contributed by atoms with E-state index in [9.17, 15) is 0 Å². The van der Waals surface area contributed by atoms with E-state index < -0.39 is 0 Å². The summed E-state index contributed by atoms with van der Waals surface area (Å²) in [7, 11) is 3.64. The van der Waals surface area contributed by atoms with Gasteiger partial charge in [0.2, 0.25) is 5.88 Å². The van der Waals surface area contributed by atoms with E-state index in [1.807, 2.05) is 25.2 Å². The quantitative estimate of drug-likeness (QED) is 0.699. The zero-order valence-corrected chi connectivity index (χ0v) is 9.29. The van der Waals surface area contributed by atoms with E-state index in [1.54, 1.807) is 7.11 Å². The number of pyridine rings is 1. The maximum atomic E-state index is 5.63. The van der Waals surface area contributed by atoms with Crippen molar-refractivity contribution in [2.45, 2.75) is 6.54 Å². The van der Waals surface area contributed by atoms with Crippen LogP contribution in [0.2, 0.25) is 0 Å². The molecule has 1 aromatic rings. The third-order valence-electron chi connectivity index (χ3n) is 1.89. The minimum absolute atomic E-state index is 0.639. The lowest BCUT2D eigenvalue weighted by atomic mass is 10.3. The Hall–Kier alpha value is -0.800. The van der Waals surface area contributed by atoms with Crippen LogP contribution in [0.4, 0.5) is 0 Å². The summed E-state index contributed by atoms with van der Waals surface area (Å²) >= 11 is 5.63. The van der Waals surface area contributed by atoms with Crippen molar-refractivity contribution in [2.24, 2.45) is 0 Å². The molecule has 0 aliphatic rings. The molecule has 3 nitrogen and oxygen atoms in total. The predicted molar refractivity (Wildman–Crippen MR) is 57.8 cm³/mol. The van der Waals surface area contributed by atoms with Crippen molar-refractivity contribution in [1.29, 1.82) is 0 Å². The van der Waals surface area contributed by atoms with Crippen LogP contribution in [0.3, 0.4) is 0 Å². The molecule has 1 heterocycles. The van der Waals surface area contributed by atoms with Gasteiger partial charge in [-0.2, -0.15) is 0 Å². The lowest BCUT2D eigenvalue weighted by molar-refractivity contribution is 0.338. The van der Waals surface area contributed by atoms with Gasteiger partial charge in [0.25, 0.3) is 0 Å². The highest BCUT2D eigenvalue weighted by molar-refractivity contribution is 6.18. The Morgan fingerprint density at radius 3 is 2.93 bits per heavy atom. The fourth-order valence-corrected chi connectivity index (χ4v) is 1.45. The van der Waals surface area contributed by atoms with Crippen molar-refractivity contribution in [2.75, 3.05) is 26.6 Å². The standard InChI is InChI=1S/C10H15ClN2O/c1-13(7-6-11)8-9-4-3-5-10(12-9)14-2/h3-5H,6-8H2,1-2H3. The van der Waals surface area contributed by atoms with E-state index in [0.717, 1.165) is 18.8 Å². The van der Waals surface area contributed by atoms with Crippen LogP contribution in [0, 0.1) is 0 Å². The number of rotatable bonds is 5. The van der Waals surface area contributed by atoms with E-state index in [4.69, 9.17) is 16.3 Å². The summed E-state index contributed by atoms with van der Waals surface area (Å²) in [5.41, 5.74) is 0.997. The van der Waals surface area contributed by atoms with Crippen LogP contribution in [0.5, 0.6) is 5.88 Å². The Balaban J connectivity index is 2.57. The molecule has 0 aromatic carbocycles. The van der Waals surface area contributed by atoms with Crippen molar-refractivity contribution in [1.82, 2.24) is 9.88 Å². The van der Waals surface area contributed by atoms with Gasteiger partial charge in [-0.15, -0.1) is 11.6 Å². The van der Waals surface area contributed by atoms with Gasteiger partial charge in [-0.3, -0.25) is 4.90 Å². The summed E-state index contributed by atoms with van der Waals surface area (Å²) in [5, 5.41) is 0. The number of nitrogens with zero attached hydrogens (tertiary/aromatic N) is 2. The van der Waals surface area contributed by atoms with E-state index in [-0.39, 0.29) is 0 Å². The van der Waals surface area contributed by atoms with Crippen LogP contribution in [-0.4, -0.2) is 36.5 Å². The second-order valence-electron chi connectivity index (χ2n) is 3.10. The number of ether oxygens (including phenoxy) is 1. The number of hydrogen-bond donors (Lipinski definition) is 0. The highest BCUT2D eigenvalue weighted by atomic mass is 35.5. The fourth-order valence-electron chi connectivity index (χ4n) is 1.16. The highest BCUT2D eigenvalue weighted by Gasteiger charge is 2.01. The second-order valence-corrected chi connectivity index (χ2v) is 3.48. The van der Waals surface area contributed by atoms with E-state index in [1.165, 1.54) is 0 Å². The van der Waals surface area contributed by atoms with E-state index >= 15 is 0 Å². The number of alkyl halides is 1. The lowest BCUT2D eigenvalue weighted by Crippen LogP contribution is -2.20. The van der Waals surface area contributed by atoms with Crippen molar-refractivity contribution < 1.29 is 4.74 Å². The molecule has 0 spiro atoms. The SMILES string of the molecule is COc1cccc(CN(C)CCCl)n1. The molecule has 1 aromatic heterocycles. The van der Waals surface area contributed by atoms with Crippen LogP contribution in [0.1, 0.15) is 5.69 Å². The van der Waals surface area contributed by atoms with Crippen molar-refractivity contribution in [3.8, 4) is 5.88 Å². The molecule has 4 heteroatoms. The lowest BCUT2D eigenvalue weighted by Gasteiger charge is -2.14. The van der Waals surface area contributed by atoms with Crippen LogP contribution in [0.25, 0.3) is 0 Å². The van der Waals surface area contributed by atoms with Crippen LogP contribution in [0.15, 0.2) is 18.2 Å². The van der Waals surface area contributed by atoms with Gasteiger partial charge in [0.05, 0.1) is 12.8 Å². The van der Waals surface area contributed by atoms with Gasteiger partial charge < -0.3 is 4.74 Å². The minimum Gasteiger partial charge on any atom is -0.481 e. The normalized spacial score (nSPS) is 10.6. The van der Waals surface area contributed by atoms with Crippen molar-refractivity contribution >= 4 is 11.6 Å². The first-order chi connectivity index (χ1) is 6.76. The average Bonchev–Trinajstić information content (AvgIpc) is 2.18. The molecule has 1 rings (SSSR count). The molecule has 0 aliphatic carbocycles. The number of methoxy groups -OCH3 is 1. The molecule has 0 atom stereocenters. The summed E-state index contributed by atoms with van der Waals surface area (Å²) in [6.07, 6.45) is 0. The molecule has 0 amide bonds. The first-order valence-corrected chi connectivity index (χ1v) is 5.04. The largest absolute Gasteiger partial charge is 0.481 e. The van der Waals surface area contributed by atoms with Gasteiger partial charge in [0.1, 0.15) is 0 Å². The van der Waals surface area contributed by atoms with E-state index in [2.05, 4.69) is 9.88 Å². The molecule has 0 bridgehead atoms. The molecule has 78 valence electrons. The first kappa shape index (κ1) is 11.3. The minimum atomic E-state index is 0.639. The predicted octanol–water partition coefficient (Wildman–Crippen LogP) is 1.76. The summed E-state index contributed by atoms with van der Waals surface area (Å²) in [4.78, 5) is 6.43. The number of hydrogen-bond acceptors (Lipinski definition) is 3. The Kier molecular flexibility index (Phi) is 4.70. The van der Waals surface area contributed by atoms with Gasteiger partial charge in [0.15, 0.2) is 0 Å². The molecule has 0 fully saturated rings. The average molecular weight is 215 g/mol. The topological polar surface area (TPSA) is 25.4 Å². The molecular weight excluding hydrogens is 200 g/mol. The molecule has 0 unspecified atom stereocenters. The summed E-state index contributed by atoms with van der Waals surface area (Å²) < 4.78 is 5.04. The molecule has 0 aliphatic heterocycles.